The third kappa shape index (κ3) is 5.44. The van der Waals surface area contributed by atoms with E-state index in [0.29, 0.717) is 11.0 Å². The van der Waals surface area contributed by atoms with Gasteiger partial charge in [-0.05, 0) is 56.8 Å². The van der Waals surface area contributed by atoms with E-state index in [9.17, 15) is 0 Å². The summed E-state index contributed by atoms with van der Waals surface area (Å²) in [5.74, 6) is 0.626. The monoisotopic (exact) mass is 460 g/mol. The predicted octanol–water partition coefficient (Wildman–Crippen LogP) is 6.11. The van der Waals surface area contributed by atoms with Crippen molar-refractivity contribution in [3.63, 3.8) is 0 Å². The van der Waals surface area contributed by atoms with Gasteiger partial charge in [0.05, 0.1) is 17.6 Å². The molecule has 0 aliphatic carbocycles. The van der Waals surface area contributed by atoms with Crippen molar-refractivity contribution in [1.29, 1.82) is 0 Å². The average Bonchev–Trinajstić information content (AvgIpc) is 3.30. The minimum Gasteiger partial charge on any atom is -0.369 e. The fourth-order valence-corrected chi connectivity index (χ4v) is 4.70. The number of aromatic nitrogens is 3. The predicted molar refractivity (Wildman–Crippen MR) is 133 cm³/mol. The molecular formula is C27H29ClN4O. The number of nitrogens with one attached hydrogen (secondary N) is 2. The molecule has 1 atom stereocenters. The highest BCUT2D eigenvalue weighted by molar-refractivity contribution is 6.34. The maximum Gasteiger partial charge on any atom is 0.163 e. The zero-order chi connectivity index (χ0) is 22.5. The second-order valence-corrected chi connectivity index (χ2v) is 9.00. The van der Waals surface area contributed by atoms with Gasteiger partial charge < -0.3 is 15.0 Å². The van der Waals surface area contributed by atoms with E-state index in [1.807, 2.05) is 30.3 Å². The summed E-state index contributed by atoms with van der Waals surface area (Å²) < 4.78 is 6.64. The summed E-state index contributed by atoms with van der Waals surface area (Å²) in [6, 6.07) is 22.6. The first kappa shape index (κ1) is 22.1. The van der Waals surface area contributed by atoms with Gasteiger partial charge in [-0.25, -0.2) is 9.97 Å². The molecular weight excluding hydrogens is 432 g/mol. The normalized spacial score (nSPS) is 15.7. The Kier molecular flexibility index (Phi) is 7.01. The molecule has 5 rings (SSSR count). The van der Waals surface area contributed by atoms with E-state index in [4.69, 9.17) is 21.3 Å². The van der Waals surface area contributed by atoms with Gasteiger partial charge in [0, 0.05) is 11.3 Å². The first-order chi connectivity index (χ1) is 16.3. The smallest absolute Gasteiger partial charge is 0.163 e. The number of hydrogen-bond donors (Lipinski definition) is 2. The van der Waals surface area contributed by atoms with E-state index in [1.54, 1.807) is 0 Å². The maximum atomic E-state index is 6.64. The fourth-order valence-electron chi connectivity index (χ4n) is 4.48. The lowest BCUT2D eigenvalue weighted by atomic mass is 10.0. The van der Waals surface area contributed by atoms with Crippen LogP contribution in [0.4, 0.5) is 0 Å². The van der Waals surface area contributed by atoms with E-state index < -0.39 is 0 Å². The van der Waals surface area contributed by atoms with E-state index in [0.717, 1.165) is 67.5 Å². The molecule has 4 aromatic rings. The molecule has 1 saturated heterocycles. The molecule has 0 saturated carbocycles. The molecule has 170 valence electrons. The van der Waals surface area contributed by atoms with Crippen molar-refractivity contribution in [1.82, 2.24) is 20.3 Å². The number of ether oxygens (including phenoxy) is 1. The molecule has 0 spiro atoms. The van der Waals surface area contributed by atoms with Gasteiger partial charge >= 0.3 is 0 Å². The summed E-state index contributed by atoms with van der Waals surface area (Å²) in [5.41, 5.74) is 4.09. The number of aryl methyl sites for hydroxylation is 1. The summed E-state index contributed by atoms with van der Waals surface area (Å²) in [5, 5.41) is 4.72. The molecule has 1 aliphatic heterocycles. The quantitative estimate of drug-likeness (QED) is 0.311. The van der Waals surface area contributed by atoms with Crippen molar-refractivity contribution in [2.75, 3.05) is 13.1 Å². The van der Waals surface area contributed by atoms with E-state index in [-0.39, 0.29) is 12.2 Å². The van der Waals surface area contributed by atoms with Gasteiger partial charge in [0.25, 0.3) is 0 Å². The van der Waals surface area contributed by atoms with Crippen molar-refractivity contribution in [3.8, 4) is 11.4 Å². The van der Waals surface area contributed by atoms with Crippen LogP contribution < -0.4 is 5.32 Å². The standard InChI is InChI=1S/C27H29ClN4O/c28-25-22-18-23(30-27(22)32-26(31-25)20-11-5-2-6-12-20)24(33-21-14-16-29-17-15-21)13-7-10-19-8-3-1-4-9-19/h1-6,8-9,11-12,18,21,24,29H,7,10,13-17H2,(H,30,31,32). The number of nitrogens with zero attached hydrogens (tertiary/aromatic N) is 2. The van der Waals surface area contributed by atoms with Crippen LogP contribution in [0.5, 0.6) is 0 Å². The van der Waals surface area contributed by atoms with Gasteiger partial charge in [0.2, 0.25) is 0 Å². The molecule has 1 fully saturated rings. The molecule has 0 bridgehead atoms. The molecule has 2 aromatic carbocycles. The van der Waals surface area contributed by atoms with Crippen LogP contribution in [-0.2, 0) is 11.2 Å². The first-order valence-corrected chi connectivity index (χ1v) is 12.2. The Labute approximate surface area is 199 Å². The van der Waals surface area contributed by atoms with Gasteiger partial charge in [-0.15, -0.1) is 0 Å². The summed E-state index contributed by atoms with van der Waals surface area (Å²) >= 11 is 6.59. The molecule has 1 unspecified atom stereocenters. The fraction of sp³-hybridized carbons (Fsp3) is 0.333. The highest BCUT2D eigenvalue weighted by atomic mass is 35.5. The van der Waals surface area contributed by atoms with Crippen LogP contribution in [0.1, 0.15) is 43.0 Å². The molecule has 33 heavy (non-hydrogen) atoms. The SMILES string of the molecule is Clc1nc(-c2ccccc2)nc2[nH]c(C(CCCc3ccccc3)OC3CCNCC3)cc12. The zero-order valence-electron chi connectivity index (χ0n) is 18.6. The van der Waals surface area contributed by atoms with Gasteiger partial charge in [-0.3, -0.25) is 0 Å². The van der Waals surface area contributed by atoms with Gasteiger partial charge in [-0.1, -0.05) is 72.3 Å². The first-order valence-electron chi connectivity index (χ1n) is 11.8. The number of aromatic amines is 1. The van der Waals surface area contributed by atoms with E-state index in [2.05, 4.69) is 51.7 Å². The highest BCUT2D eigenvalue weighted by Crippen LogP contribution is 2.32. The van der Waals surface area contributed by atoms with Crippen LogP contribution in [0.2, 0.25) is 5.15 Å². The average molecular weight is 461 g/mol. The summed E-state index contributed by atoms with van der Waals surface area (Å²) in [6.45, 7) is 2.01. The van der Waals surface area contributed by atoms with Crippen molar-refractivity contribution < 1.29 is 4.74 Å². The number of rotatable bonds is 8. The minimum atomic E-state index is -0.0257. The zero-order valence-corrected chi connectivity index (χ0v) is 19.4. The second-order valence-electron chi connectivity index (χ2n) is 8.64. The lowest BCUT2D eigenvalue weighted by Crippen LogP contribution is -2.33. The molecule has 1 aliphatic rings. The Morgan fingerprint density at radius 2 is 1.70 bits per heavy atom. The van der Waals surface area contributed by atoms with Crippen molar-refractivity contribution in [3.05, 3.63) is 83.1 Å². The summed E-state index contributed by atoms with van der Waals surface area (Å²) in [7, 11) is 0. The molecule has 5 nitrogen and oxygen atoms in total. The van der Waals surface area contributed by atoms with Crippen molar-refractivity contribution in [2.24, 2.45) is 0 Å². The van der Waals surface area contributed by atoms with Crippen molar-refractivity contribution in [2.45, 2.75) is 44.3 Å². The minimum absolute atomic E-state index is 0.0257. The lowest BCUT2D eigenvalue weighted by molar-refractivity contribution is -0.0343. The number of benzene rings is 2. The summed E-state index contributed by atoms with van der Waals surface area (Å²) in [4.78, 5) is 12.8. The van der Waals surface area contributed by atoms with Gasteiger partial charge in [0.1, 0.15) is 10.8 Å². The van der Waals surface area contributed by atoms with E-state index >= 15 is 0 Å². The number of piperidine rings is 1. The Morgan fingerprint density at radius 1 is 0.970 bits per heavy atom. The van der Waals surface area contributed by atoms with Crippen LogP contribution in [-0.4, -0.2) is 34.1 Å². The summed E-state index contributed by atoms with van der Waals surface area (Å²) in [6.07, 6.45) is 5.32. The van der Waals surface area contributed by atoms with Crippen LogP contribution in [0, 0.1) is 0 Å². The number of fused-ring (bicyclic) bond motifs is 1. The molecule has 2 aromatic heterocycles. The molecule has 2 N–H and O–H groups in total. The molecule has 6 heteroatoms. The van der Waals surface area contributed by atoms with Crippen molar-refractivity contribution >= 4 is 22.6 Å². The highest BCUT2D eigenvalue weighted by Gasteiger charge is 2.23. The van der Waals surface area contributed by atoms with Crippen LogP contribution in [0.25, 0.3) is 22.4 Å². The lowest BCUT2D eigenvalue weighted by Gasteiger charge is -2.28. The van der Waals surface area contributed by atoms with Crippen LogP contribution in [0.15, 0.2) is 66.7 Å². The van der Waals surface area contributed by atoms with Gasteiger partial charge in [0.15, 0.2) is 5.82 Å². The van der Waals surface area contributed by atoms with Gasteiger partial charge in [-0.2, -0.15) is 0 Å². The third-order valence-electron chi connectivity index (χ3n) is 6.26. The Hall–Kier alpha value is -2.73. The number of H-pyrrole nitrogens is 1. The topological polar surface area (TPSA) is 62.8 Å². The van der Waals surface area contributed by atoms with E-state index in [1.165, 1.54) is 5.56 Å². The number of halogens is 1. The molecule has 0 amide bonds. The second kappa shape index (κ2) is 10.5. The number of hydrogen-bond acceptors (Lipinski definition) is 4. The molecule has 3 heterocycles. The maximum absolute atomic E-state index is 6.64. The third-order valence-corrected chi connectivity index (χ3v) is 6.55. The largest absolute Gasteiger partial charge is 0.369 e. The van der Waals surface area contributed by atoms with Crippen LogP contribution in [0.3, 0.4) is 0 Å². The molecule has 0 radical (unpaired) electrons. The Morgan fingerprint density at radius 3 is 2.45 bits per heavy atom. The Bertz CT molecular complexity index is 1170. The Balaban J connectivity index is 1.40. The van der Waals surface area contributed by atoms with Crippen LogP contribution >= 0.6 is 11.6 Å².